The van der Waals surface area contributed by atoms with Crippen molar-refractivity contribution in [2.24, 2.45) is 5.92 Å². The third-order valence-corrected chi connectivity index (χ3v) is 6.63. The molecule has 3 rings (SSSR count). The summed E-state index contributed by atoms with van der Waals surface area (Å²) in [5.41, 5.74) is 2.48. The van der Waals surface area contributed by atoms with Crippen molar-refractivity contribution in [1.29, 1.82) is 5.26 Å². The monoisotopic (exact) mass is 404 g/mol. The number of esters is 1. The summed E-state index contributed by atoms with van der Waals surface area (Å²) in [5.74, 6) is -0.477. The predicted octanol–water partition coefficient (Wildman–Crippen LogP) is 3.35. The topological polar surface area (TPSA) is 104 Å². The van der Waals surface area contributed by atoms with E-state index < -0.39 is 18.5 Å². The zero-order valence-corrected chi connectivity index (χ0v) is 17.0. The molecule has 7 nitrogen and oxygen atoms in total. The highest BCUT2D eigenvalue weighted by Gasteiger charge is 2.25. The van der Waals surface area contributed by atoms with Crippen LogP contribution in [0.5, 0.6) is 0 Å². The molecule has 2 aromatic heterocycles. The number of fused-ring (bicyclic) bond motifs is 1. The molecular weight excluding hydrogens is 384 g/mol. The predicted molar refractivity (Wildman–Crippen MR) is 106 cm³/mol. The van der Waals surface area contributed by atoms with Crippen molar-refractivity contribution in [2.45, 2.75) is 33.1 Å². The molecule has 0 radical (unpaired) electrons. The number of ether oxygens (including phenoxy) is 1. The molecule has 0 aromatic carbocycles. The first-order chi connectivity index (χ1) is 12.9. The first-order valence-electron chi connectivity index (χ1n) is 8.60. The van der Waals surface area contributed by atoms with Crippen molar-refractivity contribution >= 4 is 44.7 Å². The lowest BCUT2D eigenvalue weighted by Gasteiger charge is -2.17. The lowest BCUT2D eigenvalue weighted by molar-refractivity contribution is -0.119. The second kappa shape index (κ2) is 8.06. The normalized spacial score (nSPS) is 15.6. The number of anilines is 2. The summed E-state index contributed by atoms with van der Waals surface area (Å²) in [7, 11) is 1.69. The van der Waals surface area contributed by atoms with Crippen LogP contribution in [0.3, 0.4) is 0 Å². The molecule has 0 bridgehead atoms. The molecule has 9 heteroatoms. The van der Waals surface area contributed by atoms with Crippen LogP contribution in [-0.4, -0.2) is 29.9 Å². The third kappa shape index (κ3) is 3.96. The van der Waals surface area contributed by atoms with E-state index in [0.717, 1.165) is 41.2 Å². The summed E-state index contributed by atoms with van der Waals surface area (Å²) in [4.78, 5) is 25.7. The van der Waals surface area contributed by atoms with E-state index in [4.69, 9.17) is 4.74 Å². The highest BCUT2D eigenvalue weighted by Crippen LogP contribution is 2.39. The summed E-state index contributed by atoms with van der Waals surface area (Å²) in [5, 5.41) is 16.2. The van der Waals surface area contributed by atoms with Crippen molar-refractivity contribution in [3.8, 4) is 6.07 Å². The molecule has 1 aliphatic rings. The molecule has 0 spiro atoms. The average Bonchev–Trinajstić information content (AvgIpc) is 3.18. The van der Waals surface area contributed by atoms with Gasteiger partial charge in [-0.25, -0.2) is 4.79 Å². The molecule has 0 saturated carbocycles. The van der Waals surface area contributed by atoms with E-state index in [1.54, 1.807) is 14.0 Å². The third-order valence-electron chi connectivity index (χ3n) is 4.50. The van der Waals surface area contributed by atoms with Gasteiger partial charge in [0.25, 0.3) is 5.91 Å². The summed E-state index contributed by atoms with van der Waals surface area (Å²) < 4.78 is 9.25. The Balaban J connectivity index is 1.66. The Hall–Kier alpha value is -2.44. The Bertz CT molecular complexity index is 926. The van der Waals surface area contributed by atoms with Gasteiger partial charge in [-0.1, -0.05) is 6.92 Å². The van der Waals surface area contributed by atoms with Gasteiger partial charge >= 0.3 is 5.97 Å². The van der Waals surface area contributed by atoms with Crippen LogP contribution in [0.1, 0.15) is 45.4 Å². The molecule has 2 heterocycles. The van der Waals surface area contributed by atoms with Crippen molar-refractivity contribution in [1.82, 2.24) is 4.37 Å². The maximum atomic E-state index is 12.3. The lowest BCUT2D eigenvalue weighted by atomic mass is 9.89. The molecule has 1 aliphatic carbocycles. The molecule has 2 aromatic rings. The van der Waals surface area contributed by atoms with Gasteiger partial charge in [0, 0.05) is 11.9 Å². The molecule has 1 atom stereocenters. The van der Waals surface area contributed by atoms with Gasteiger partial charge in [0.1, 0.15) is 21.6 Å². The SMILES string of the molecule is CNc1snc(C)c1C(=O)OCC(=O)Nc1sc2c(c1C#N)CC[C@H](C)C2. The molecule has 0 unspecified atom stereocenters. The number of aryl methyl sites for hydroxylation is 1. The second-order valence-electron chi connectivity index (χ2n) is 6.51. The largest absolute Gasteiger partial charge is 0.452 e. The van der Waals surface area contributed by atoms with Crippen molar-refractivity contribution in [3.63, 3.8) is 0 Å². The Morgan fingerprint density at radius 3 is 2.89 bits per heavy atom. The number of nitrogens with zero attached hydrogens (tertiary/aromatic N) is 2. The van der Waals surface area contributed by atoms with Gasteiger partial charge in [-0.15, -0.1) is 11.3 Å². The molecule has 0 aliphatic heterocycles. The molecule has 27 heavy (non-hydrogen) atoms. The lowest BCUT2D eigenvalue weighted by Crippen LogP contribution is -2.21. The number of hydrogen-bond donors (Lipinski definition) is 2. The smallest absolute Gasteiger partial charge is 0.343 e. The van der Waals surface area contributed by atoms with Crippen molar-refractivity contribution in [3.05, 3.63) is 27.3 Å². The van der Waals surface area contributed by atoms with Crippen LogP contribution < -0.4 is 10.6 Å². The van der Waals surface area contributed by atoms with Crippen LogP contribution in [0, 0.1) is 24.2 Å². The maximum Gasteiger partial charge on any atom is 0.343 e. The maximum absolute atomic E-state index is 12.3. The van der Waals surface area contributed by atoms with E-state index >= 15 is 0 Å². The average molecular weight is 405 g/mol. The summed E-state index contributed by atoms with van der Waals surface area (Å²) in [6.45, 7) is 3.48. The standard InChI is InChI=1S/C18H20N4O3S2/c1-9-4-5-11-12(7-19)16(26-13(11)6-9)21-14(23)8-25-18(24)15-10(2)22-27-17(15)20-3/h9,20H,4-6,8H2,1-3H3,(H,21,23)/t9-/m0/s1. The fourth-order valence-corrected chi connectivity index (χ4v) is 5.21. The van der Waals surface area contributed by atoms with Gasteiger partial charge in [0.2, 0.25) is 0 Å². The van der Waals surface area contributed by atoms with Crippen LogP contribution in [0.4, 0.5) is 10.0 Å². The highest BCUT2D eigenvalue weighted by molar-refractivity contribution is 7.16. The summed E-state index contributed by atoms with van der Waals surface area (Å²) >= 11 is 2.61. The number of thiophene rings is 1. The van der Waals surface area contributed by atoms with Gasteiger partial charge in [0.15, 0.2) is 6.61 Å². The van der Waals surface area contributed by atoms with E-state index in [0.29, 0.717) is 32.7 Å². The van der Waals surface area contributed by atoms with Crippen LogP contribution in [0.25, 0.3) is 0 Å². The highest BCUT2D eigenvalue weighted by atomic mass is 32.1. The van der Waals surface area contributed by atoms with Gasteiger partial charge in [-0.05, 0) is 49.2 Å². The van der Waals surface area contributed by atoms with E-state index in [1.807, 2.05) is 0 Å². The number of amides is 1. The fourth-order valence-electron chi connectivity index (χ4n) is 3.10. The van der Waals surface area contributed by atoms with E-state index in [2.05, 4.69) is 28.0 Å². The van der Waals surface area contributed by atoms with E-state index in [-0.39, 0.29) is 0 Å². The number of hydrogen-bond acceptors (Lipinski definition) is 8. The molecular formula is C18H20N4O3S2. The number of rotatable bonds is 5. The Morgan fingerprint density at radius 2 is 2.19 bits per heavy atom. The summed E-state index contributed by atoms with van der Waals surface area (Å²) in [6, 6.07) is 2.21. The zero-order valence-electron chi connectivity index (χ0n) is 15.3. The van der Waals surface area contributed by atoms with Crippen LogP contribution in [0.2, 0.25) is 0 Å². The quantitative estimate of drug-likeness (QED) is 0.741. The van der Waals surface area contributed by atoms with Crippen LogP contribution >= 0.6 is 22.9 Å². The van der Waals surface area contributed by atoms with Gasteiger partial charge in [0.05, 0.1) is 11.3 Å². The van der Waals surface area contributed by atoms with Gasteiger partial charge in [-0.2, -0.15) is 9.64 Å². The minimum absolute atomic E-state index is 0.341. The molecule has 142 valence electrons. The fraction of sp³-hybridized carbons (Fsp3) is 0.444. The van der Waals surface area contributed by atoms with Gasteiger partial charge in [-0.3, -0.25) is 4.79 Å². The Morgan fingerprint density at radius 1 is 1.41 bits per heavy atom. The molecule has 0 fully saturated rings. The van der Waals surface area contributed by atoms with E-state index in [9.17, 15) is 14.9 Å². The zero-order chi connectivity index (χ0) is 19.6. The number of nitriles is 1. The minimum Gasteiger partial charge on any atom is -0.452 e. The molecule has 0 saturated heterocycles. The first-order valence-corrected chi connectivity index (χ1v) is 10.2. The first kappa shape index (κ1) is 19.3. The molecule has 2 N–H and O–H groups in total. The van der Waals surface area contributed by atoms with Crippen LogP contribution in [0.15, 0.2) is 0 Å². The van der Waals surface area contributed by atoms with Crippen LogP contribution in [-0.2, 0) is 22.4 Å². The number of carbonyl (C=O) groups is 2. The van der Waals surface area contributed by atoms with E-state index in [1.165, 1.54) is 11.3 Å². The molecule has 1 amide bonds. The number of carbonyl (C=O) groups excluding carboxylic acids is 2. The minimum atomic E-state index is -0.597. The van der Waals surface area contributed by atoms with Gasteiger partial charge < -0.3 is 15.4 Å². The number of nitrogens with one attached hydrogen (secondary N) is 2. The Kier molecular flexibility index (Phi) is 5.77. The van der Waals surface area contributed by atoms with Crippen molar-refractivity contribution < 1.29 is 14.3 Å². The van der Waals surface area contributed by atoms with Crippen molar-refractivity contribution in [2.75, 3.05) is 24.3 Å². The second-order valence-corrected chi connectivity index (χ2v) is 8.39. The summed E-state index contributed by atoms with van der Waals surface area (Å²) in [6.07, 6.45) is 2.83. The Labute approximate surface area is 165 Å². The number of aromatic nitrogens is 1.